The molecule has 80 valence electrons. The van der Waals surface area contributed by atoms with Gasteiger partial charge in [-0.1, -0.05) is 18.5 Å². The van der Waals surface area contributed by atoms with Crippen LogP contribution in [0.4, 0.5) is 0 Å². The Labute approximate surface area is 88.6 Å². The molecule has 0 amide bonds. The lowest BCUT2D eigenvalue weighted by molar-refractivity contribution is 0.0886. The first-order valence-electron chi connectivity index (χ1n) is 4.69. The second-order valence-corrected chi connectivity index (χ2v) is 3.65. The van der Waals surface area contributed by atoms with Gasteiger partial charge in [0.05, 0.1) is 5.38 Å². The van der Waals surface area contributed by atoms with Crippen LogP contribution < -0.4 is 0 Å². The molecule has 0 saturated heterocycles. The topological polar surface area (TPSA) is 48.2 Å². The molecule has 0 bridgehead atoms. The van der Waals surface area contributed by atoms with Crippen molar-refractivity contribution in [1.82, 2.24) is 10.1 Å². The molecule has 0 radical (unpaired) electrons. The predicted octanol–water partition coefficient (Wildman–Crippen LogP) is 2.86. The summed E-state index contributed by atoms with van der Waals surface area (Å²) in [5.74, 6) is 1.02. The third-order valence-electron chi connectivity index (χ3n) is 1.98. The number of aromatic nitrogens is 2. The molecule has 0 N–H and O–H groups in total. The largest absolute Gasteiger partial charge is 0.372 e. The van der Waals surface area contributed by atoms with Gasteiger partial charge < -0.3 is 9.26 Å². The Hall–Kier alpha value is -0.610. The second-order valence-electron chi connectivity index (χ2n) is 3.12. The number of halogens is 1. The van der Waals surface area contributed by atoms with Crippen molar-refractivity contribution in [2.24, 2.45) is 0 Å². The molecular weight excluding hydrogens is 204 g/mol. The number of hydrogen-bond acceptors (Lipinski definition) is 4. The van der Waals surface area contributed by atoms with Gasteiger partial charge in [-0.15, -0.1) is 11.6 Å². The molecule has 1 aromatic rings. The van der Waals surface area contributed by atoms with Gasteiger partial charge >= 0.3 is 0 Å². The zero-order valence-corrected chi connectivity index (χ0v) is 9.41. The van der Waals surface area contributed by atoms with E-state index >= 15 is 0 Å². The van der Waals surface area contributed by atoms with Crippen molar-refractivity contribution in [3.63, 3.8) is 0 Å². The molecule has 0 aliphatic heterocycles. The van der Waals surface area contributed by atoms with E-state index in [9.17, 15) is 0 Å². The van der Waals surface area contributed by atoms with Crippen LogP contribution in [0.1, 0.15) is 49.9 Å². The average Bonchev–Trinajstić information content (AvgIpc) is 2.66. The lowest BCUT2D eigenvalue weighted by Gasteiger charge is -2.02. The smallest absolute Gasteiger partial charge is 0.255 e. The van der Waals surface area contributed by atoms with E-state index < -0.39 is 0 Å². The van der Waals surface area contributed by atoms with E-state index in [0.717, 1.165) is 12.8 Å². The molecule has 0 saturated carbocycles. The Bertz CT molecular complexity index is 278. The van der Waals surface area contributed by atoms with Crippen LogP contribution in [0.5, 0.6) is 0 Å². The Morgan fingerprint density at radius 1 is 1.57 bits per heavy atom. The van der Waals surface area contributed by atoms with E-state index in [1.54, 1.807) is 7.11 Å². The summed E-state index contributed by atoms with van der Waals surface area (Å²) in [6.07, 6.45) is 1.67. The molecule has 0 spiro atoms. The summed E-state index contributed by atoms with van der Waals surface area (Å²) in [6.45, 7) is 3.91. The fraction of sp³-hybridized carbons (Fsp3) is 0.778. The molecule has 0 aliphatic rings. The van der Waals surface area contributed by atoms with Crippen molar-refractivity contribution in [3.05, 3.63) is 11.7 Å². The summed E-state index contributed by atoms with van der Waals surface area (Å²) in [6, 6.07) is 0. The van der Waals surface area contributed by atoms with E-state index in [4.69, 9.17) is 20.9 Å². The minimum Gasteiger partial charge on any atom is -0.372 e. The maximum atomic E-state index is 6.04. The number of methoxy groups -OCH3 is 1. The molecule has 1 aromatic heterocycles. The van der Waals surface area contributed by atoms with Crippen molar-refractivity contribution in [2.45, 2.75) is 38.2 Å². The number of rotatable bonds is 5. The summed E-state index contributed by atoms with van der Waals surface area (Å²) in [5, 5.41) is 3.64. The molecule has 2 unspecified atom stereocenters. The van der Waals surface area contributed by atoms with Crippen LogP contribution in [-0.2, 0) is 4.74 Å². The average molecular weight is 219 g/mol. The second kappa shape index (κ2) is 5.32. The Morgan fingerprint density at radius 3 is 2.86 bits per heavy atom. The van der Waals surface area contributed by atoms with Gasteiger partial charge in [0.2, 0.25) is 0 Å². The highest BCUT2D eigenvalue weighted by atomic mass is 35.5. The highest BCUT2D eigenvalue weighted by Crippen LogP contribution is 2.24. The Balaban J connectivity index is 2.67. The fourth-order valence-electron chi connectivity index (χ4n) is 1.02. The first-order chi connectivity index (χ1) is 6.69. The molecule has 1 rings (SSSR count). The summed E-state index contributed by atoms with van der Waals surface area (Å²) >= 11 is 6.04. The molecular formula is C9H15ClN2O2. The minimum absolute atomic E-state index is 0.165. The lowest BCUT2D eigenvalue weighted by Crippen LogP contribution is -1.97. The highest BCUT2D eigenvalue weighted by molar-refractivity contribution is 6.20. The molecule has 0 aliphatic carbocycles. The molecule has 2 atom stereocenters. The fourth-order valence-corrected chi connectivity index (χ4v) is 1.33. The number of nitrogens with zero attached hydrogens (tertiary/aromatic N) is 2. The maximum absolute atomic E-state index is 6.04. The van der Waals surface area contributed by atoms with Crippen LogP contribution in [0.3, 0.4) is 0 Å². The SMILES string of the molecule is CCCC(Cl)c1noc(C(C)OC)n1. The van der Waals surface area contributed by atoms with Gasteiger partial charge in [0.1, 0.15) is 6.10 Å². The molecule has 4 nitrogen and oxygen atoms in total. The third kappa shape index (κ3) is 2.69. The molecule has 5 heteroatoms. The van der Waals surface area contributed by atoms with Crippen molar-refractivity contribution in [3.8, 4) is 0 Å². The van der Waals surface area contributed by atoms with Crippen LogP contribution in [0.2, 0.25) is 0 Å². The quantitative estimate of drug-likeness (QED) is 0.713. The van der Waals surface area contributed by atoms with E-state index in [2.05, 4.69) is 17.1 Å². The Kier molecular flexibility index (Phi) is 4.35. The molecule has 1 heterocycles. The van der Waals surface area contributed by atoms with E-state index in [1.807, 2.05) is 6.92 Å². The van der Waals surface area contributed by atoms with E-state index in [1.165, 1.54) is 0 Å². The lowest BCUT2D eigenvalue weighted by atomic mass is 10.2. The zero-order valence-electron chi connectivity index (χ0n) is 8.66. The van der Waals surface area contributed by atoms with Crippen LogP contribution >= 0.6 is 11.6 Å². The monoisotopic (exact) mass is 218 g/mol. The first kappa shape index (κ1) is 11.5. The predicted molar refractivity (Wildman–Crippen MR) is 53.2 cm³/mol. The molecule has 0 fully saturated rings. The van der Waals surface area contributed by atoms with Crippen molar-refractivity contribution in [1.29, 1.82) is 0 Å². The van der Waals surface area contributed by atoms with Crippen LogP contribution in [0.25, 0.3) is 0 Å². The van der Waals surface area contributed by atoms with E-state index in [-0.39, 0.29) is 11.5 Å². The van der Waals surface area contributed by atoms with Crippen molar-refractivity contribution < 1.29 is 9.26 Å². The third-order valence-corrected chi connectivity index (χ3v) is 2.39. The van der Waals surface area contributed by atoms with Gasteiger partial charge in [-0.2, -0.15) is 4.98 Å². The maximum Gasteiger partial charge on any atom is 0.255 e. The summed E-state index contributed by atoms with van der Waals surface area (Å²) in [4.78, 5) is 4.16. The standard InChI is InChI=1S/C9H15ClN2O2/c1-4-5-7(10)8-11-9(14-12-8)6(2)13-3/h6-7H,4-5H2,1-3H3. The summed E-state index contributed by atoms with van der Waals surface area (Å²) in [7, 11) is 1.60. The van der Waals surface area contributed by atoms with Gasteiger partial charge in [0.15, 0.2) is 5.82 Å². The van der Waals surface area contributed by atoms with E-state index in [0.29, 0.717) is 11.7 Å². The normalized spacial score (nSPS) is 15.4. The van der Waals surface area contributed by atoms with Gasteiger partial charge in [-0.05, 0) is 13.3 Å². The number of hydrogen-bond donors (Lipinski definition) is 0. The number of ether oxygens (including phenoxy) is 1. The summed E-state index contributed by atoms with van der Waals surface area (Å²) < 4.78 is 10.1. The molecule has 0 aromatic carbocycles. The van der Waals surface area contributed by atoms with Crippen LogP contribution in [-0.4, -0.2) is 17.3 Å². The molecule has 14 heavy (non-hydrogen) atoms. The van der Waals surface area contributed by atoms with Crippen molar-refractivity contribution >= 4 is 11.6 Å². The highest BCUT2D eigenvalue weighted by Gasteiger charge is 2.18. The number of alkyl halides is 1. The summed E-state index contributed by atoms with van der Waals surface area (Å²) in [5.41, 5.74) is 0. The van der Waals surface area contributed by atoms with Gasteiger partial charge in [0, 0.05) is 7.11 Å². The minimum atomic E-state index is -0.179. The van der Waals surface area contributed by atoms with Crippen LogP contribution in [0, 0.1) is 0 Å². The first-order valence-corrected chi connectivity index (χ1v) is 5.13. The Morgan fingerprint density at radius 2 is 2.29 bits per heavy atom. The van der Waals surface area contributed by atoms with Gasteiger partial charge in [-0.3, -0.25) is 0 Å². The van der Waals surface area contributed by atoms with Crippen LogP contribution in [0.15, 0.2) is 4.52 Å². The zero-order chi connectivity index (χ0) is 10.6. The van der Waals surface area contributed by atoms with Gasteiger partial charge in [0.25, 0.3) is 5.89 Å². The van der Waals surface area contributed by atoms with Gasteiger partial charge in [-0.25, -0.2) is 0 Å². The van der Waals surface area contributed by atoms with Crippen molar-refractivity contribution in [2.75, 3.05) is 7.11 Å².